The molecule has 2 bridgehead atoms. The fourth-order valence-corrected chi connectivity index (χ4v) is 5.80. The third-order valence-electron chi connectivity index (χ3n) is 7.86. The molecule has 0 unspecified atom stereocenters. The molecule has 6 atom stereocenters. The fourth-order valence-electron chi connectivity index (χ4n) is 5.80. The number of carbonyl (C=O) groups is 1. The van der Waals surface area contributed by atoms with Crippen molar-refractivity contribution in [3.63, 3.8) is 0 Å². The number of esters is 1. The highest BCUT2D eigenvalue weighted by Gasteiger charge is 2.81. The summed E-state index contributed by atoms with van der Waals surface area (Å²) >= 11 is 0. The Morgan fingerprint density at radius 1 is 1.26 bits per heavy atom. The van der Waals surface area contributed by atoms with Crippen molar-refractivity contribution < 1.29 is 23.4 Å². The van der Waals surface area contributed by atoms with E-state index in [0.717, 1.165) is 12.8 Å². The highest BCUT2D eigenvalue weighted by atomic mass is 19.1. The molecule has 1 saturated carbocycles. The predicted molar refractivity (Wildman–Crippen MR) is 96.8 cm³/mol. The Morgan fingerprint density at radius 2 is 1.96 bits per heavy atom. The summed E-state index contributed by atoms with van der Waals surface area (Å²) in [7, 11) is 0. The van der Waals surface area contributed by atoms with Gasteiger partial charge in [0.25, 0.3) is 0 Å². The number of carbonyl (C=O) groups excluding carboxylic acids is 1. The number of ether oxygens (including phenoxy) is 3. The number of epoxide rings is 1. The van der Waals surface area contributed by atoms with Crippen LogP contribution in [0.2, 0.25) is 0 Å². The molecule has 3 fully saturated rings. The average Bonchev–Trinajstić information content (AvgIpc) is 3.41. The standard InChI is InChI=1S/C22H25FO4/c1-13-8-9-20(2)16(10-13)26-18-11-17(21(20,3)22(18)12-25-22)27-19(24)14-4-6-15(23)7-5-14/h4-7,10,16-18H,8-9,11-12H2,1-3H3/t16-,17-,18-,20+,21-,22+/m1/s1. The number of fused-ring (bicyclic) bond motifs is 2. The van der Waals surface area contributed by atoms with Crippen molar-refractivity contribution in [3.8, 4) is 0 Å². The minimum absolute atomic E-state index is 0.0191. The van der Waals surface area contributed by atoms with Crippen LogP contribution in [0.15, 0.2) is 35.9 Å². The van der Waals surface area contributed by atoms with Crippen LogP contribution >= 0.6 is 0 Å². The monoisotopic (exact) mass is 372 g/mol. The van der Waals surface area contributed by atoms with Gasteiger partial charge in [-0.3, -0.25) is 0 Å². The van der Waals surface area contributed by atoms with Gasteiger partial charge in [-0.2, -0.15) is 0 Å². The van der Waals surface area contributed by atoms with E-state index in [9.17, 15) is 9.18 Å². The molecule has 2 heterocycles. The minimum atomic E-state index is -0.410. The van der Waals surface area contributed by atoms with Gasteiger partial charge in [0, 0.05) is 17.3 Å². The van der Waals surface area contributed by atoms with Crippen molar-refractivity contribution in [1.29, 1.82) is 0 Å². The molecule has 0 radical (unpaired) electrons. The topological polar surface area (TPSA) is 48.1 Å². The number of benzene rings is 1. The molecule has 2 aliphatic carbocycles. The molecule has 0 aromatic heterocycles. The number of allylic oxidation sites excluding steroid dienone is 1. The van der Waals surface area contributed by atoms with Gasteiger partial charge in [0.2, 0.25) is 0 Å². The lowest BCUT2D eigenvalue weighted by Crippen LogP contribution is -2.63. The largest absolute Gasteiger partial charge is 0.458 e. The fraction of sp³-hybridized carbons (Fsp3) is 0.591. The Bertz CT molecular complexity index is 827. The maximum Gasteiger partial charge on any atom is 0.338 e. The summed E-state index contributed by atoms with van der Waals surface area (Å²) in [6.45, 7) is 7.28. The molecular weight excluding hydrogens is 347 g/mol. The molecule has 0 N–H and O–H groups in total. The molecule has 1 aromatic rings. The van der Waals surface area contributed by atoms with Crippen LogP contribution in [0.5, 0.6) is 0 Å². The number of rotatable bonds is 2. The molecule has 5 rings (SSSR count). The van der Waals surface area contributed by atoms with Gasteiger partial charge in [-0.15, -0.1) is 0 Å². The smallest absolute Gasteiger partial charge is 0.338 e. The van der Waals surface area contributed by atoms with Crippen LogP contribution in [-0.2, 0) is 14.2 Å². The lowest BCUT2D eigenvalue weighted by molar-refractivity contribution is -0.204. The third kappa shape index (κ3) is 2.13. The minimum Gasteiger partial charge on any atom is -0.458 e. The molecule has 0 amide bonds. The second kappa shape index (κ2) is 5.42. The molecule has 2 aliphatic heterocycles. The summed E-state index contributed by atoms with van der Waals surface area (Å²) in [6, 6.07) is 5.51. The Hall–Kier alpha value is -1.72. The van der Waals surface area contributed by atoms with Crippen LogP contribution in [0.3, 0.4) is 0 Å². The molecule has 4 nitrogen and oxygen atoms in total. The van der Waals surface area contributed by atoms with Crippen molar-refractivity contribution in [2.75, 3.05) is 6.61 Å². The average molecular weight is 372 g/mol. The zero-order valence-electron chi connectivity index (χ0n) is 16.0. The zero-order valence-corrected chi connectivity index (χ0v) is 16.0. The first-order valence-electron chi connectivity index (χ1n) is 9.73. The zero-order chi connectivity index (χ0) is 19.0. The van der Waals surface area contributed by atoms with Crippen LogP contribution in [0.4, 0.5) is 4.39 Å². The molecule has 1 spiro atoms. The van der Waals surface area contributed by atoms with Gasteiger partial charge >= 0.3 is 5.97 Å². The summed E-state index contributed by atoms with van der Waals surface area (Å²) in [4.78, 5) is 12.8. The van der Waals surface area contributed by atoms with Crippen LogP contribution in [0.25, 0.3) is 0 Å². The lowest BCUT2D eigenvalue weighted by Gasteiger charge is -2.57. The predicted octanol–water partition coefficient (Wildman–Crippen LogP) is 4.04. The van der Waals surface area contributed by atoms with Crippen molar-refractivity contribution in [2.24, 2.45) is 10.8 Å². The Morgan fingerprint density at radius 3 is 2.63 bits per heavy atom. The molecule has 2 saturated heterocycles. The first-order chi connectivity index (χ1) is 12.8. The Kier molecular flexibility index (Phi) is 3.49. The first-order valence-corrected chi connectivity index (χ1v) is 9.73. The van der Waals surface area contributed by atoms with Gasteiger partial charge < -0.3 is 14.2 Å². The normalized spacial score (nSPS) is 44.6. The second-order valence-electron chi connectivity index (χ2n) is 8.99. The van der Waals surface area contributed by atoms with E-state index in [1.807, 2.05) is 0 Å². The highest BCUT2D eigenvalue weighted by molar-refractivity contribution is 5.89. The molecule has 144 valence electrons. The summed E-state index contributed by atoms with van der Waals surface area (Å²) in [5.74, 6) is -0.777. The molecule has 4 aliphatic rings. The van der Waals surface area contributed by atoms with Crippen molar-refractivity contribution in [1.82, 2.24) is 0 Å². The summed E-state index contributed by atoms with van der Waals surface area (Å²) in [6.07, 6.45) is 4.56. The SMILES string of the molecule is CC1=C[C@H]2O[C@@H]3C[C@@H](OC(=O)c4ccc(F)cc4)[C@](C)([C@@]2(C)CC1)[C@]31CO1. The molecule has 27 heavy (non-hydrogen) atoms. The third-order valence-corrected chi connectivity index (χ3v) is 7.86. The van der Waals surface area contributed by atoms with Gasteiger partial charge in [-0.25, -0.2) is 9.18 Å². The molecule has 1 aromatic carbocycles. The van der Waals surface area contributed by atoms with E-state index < -0.39 is 5.97 Å². The Balaban J connectivity index is 1.50. The van der Waals surface area contributed by atoms with Gasteiger partial charge in [-0.05, 0) is 44.0 Å². The van der Waals surface area contributed by atoms with Crippen molar-refractivity contribution in [2.45, 2.75) is 63.9 Å². The summed E-state index contributed by atoms with van der Waals surface area (Å²) in [5, 5.41) is 0. The van der Waals surface area contributed by atoms with E-state index in [4.69, 9.17) is 14.2 Å². The lowest BCUT2D eigenvalue weighted by atomic mass is 9.52. The second-order valence-corrected chi connectivity index (χ2v) is 8.99. The maximum absolute atomic E-state index is 13.2. The first kappa shape index (κ1) is 17.4. The van der Waals surface area contributed by atoms with Crippen LogP contribution < -0.4 is 0 Å². The van der Waals surface area contributed by atoms with Gasteiger partial charge in [0.15, 0.2) is 0 Å². The van der Waals surface area contributed by atoms with Crippen LogP contribution in [0, 0.1) is 16.6 Å². The quantitative estimate of drug-likeness (QED) is 0.447. The van der Waals surface area contributed by atoms with E-state index in [2.05, 4.69) is 26.8 Å². The number of hydrogen-bond acceptors (Lipinski definition) is 4. The summed E-state index contributed by atoms with van der Waals surface area (Å²) < 4.78 is 31.7. The number of halogens is 1. The van der Waals surface area contributed by atoms with E-state index in [0.29, 0.717) is 18.6 Å². The maximum atomic E-state index is 13.2. The Labute approximate surface area is 158 Å². The molecular formula is C22H25FO4. The van der Waals surface area contributed by atoms with Crippen LogP contribution in [-0.4, -0.2) is 36.5 Å². The van der Waals surface area contributed by atoms with E-state index in [1.165, 1.54) is 29.8 Å². The van der Waals surface area contributed by atoms with E-state index in [-0.39, 0.29) is 40.6 Å². The summed E-state index contributed by atoms with van der Waals surface area (Å²) in [5.41, 5.74) is 0.886. The van der Waals surface area contributed by atoms with Gasteiger partial charge in [-0.1, -0.05) is 25.5 Å². The van der Waals surface area contributed by atoms with Gasteiger partial charge in [0.05, 0.1) is 24.4 Å². The van der Waals surface area contributed by atoms with E-state index in [1.54, 1.807) is 0 Å². The van der Waals surface area contributed by atoms with Crippen molar-refractivity contribution >= 4 is 5.97 Å². The van der Waals surface area contributed by atoms with Crippen molar-refractivity contribution in [3.05, 3.63) is 47.3 Å². The van der Waals surface area contributed by atoms with E-state index >= 15 is 0 Å². The van der Waals surface area contributed by atoms with Crippen LogP contribution in [0.1, 0.15) is 50.4 Å². The van der Waals surface area contributed by atoms with Gasteiger partial charge in [0.1, 0.15) is 17.5 Å². The highest BCUT2D eigenvalue weighted by Crippen LogP contribution is 2.71. The number of hydrogen-bond donors (Lipinski definition) is 0. The molecule has 5 heteroatoms.